The average molecular weight is 782 g/mol. The summed E-state index contributed by atoms with van der Waals surface area (Å²) in [5, 5.41) is 7.73. The number of halogens is 2. The molecule has 288 valence electrons. The van der Waals surface area contributed by atoms with Gasteiger partial charge in [0.25, 0.3) is 5.56 Å². The van der Waals surface area contributed by atoms with Crippen molar-refractivity contribution in [2.75, 3.05) is 33.4 Å². The van der Waals surface area contributed by atoms with Gasteiger partial charge in [0.05, 0.1) is 53.5 Å². The number of nitrogens with one attached hydrogen (secondary N) is 1. The van der Waals surface area contributed by atoms with E-state index in [4.69, 9.17) is 14.5 Å². The van der Waals surface area contributed by atoms with Gasteiger partial charge in [-0.1, -0.05) is 6.07 Å². The Morgan fingerprint density at radius 1 is 0.964 bits per heavy atom. The Hall–Kier alpha value is -5.84. The first-order chi connectivity index (χ1) is 27.0. The van der Waals surface area contributed by atoms with Crippen LogP contribution in [0.2, 0.25) is 0 Å². The molecule has 1 aliphatic carbocycles. The van der Waals surface area contributed by atoms with Crippen molar-refractivity contribution < 1.29 is 31.5 Å². The number of fused-ring (bicyclic) bond motifs is 1. The third-order valence-corrected chi connectivity index (χ3v) is 11.8. The molecule has 1 N–H and O–H groups in total. The lowest BCUT2D eigenvalue weighted by atomic mass is 10.0. The molecule has 2 aliphatic rings. The number of carbonyl (C=O) groups excluding carboxylic acids is 1. The van der Waals surface area contributed by atoms with Crippen molar-refractivity contribution in [3.8, 4) is 22.7 Å². The van der Waals surface area contributed by atoms with Crippen molar-refractivity contribution in [3.05, 3.63) is 130 Å². The Kier molecular flexibility index (Phi) is 10.2. The molecule has 56 heavy (non-hydrogen) atoms. The van der Waals surface area contributed by atoms with E-state index >= 15 is 0 Å². The zero-order chi connectivity index (χ0) is 39.0. The summed E-state index contributed by atoms with van der Waals surface area (Å²) in [6, 6.07) is 18.2. The van der Waals surface area contributed by atoms with E-state index in [0.29, 0.717) is 17.4 Å². The summed E-state index contributed by atoms with van der Waals surface area (Å²) in [7, 11) is -2.35. The molecule has 0 bridgehead atoms. The van der Waals surface area contributed by atoms with Crippen LogP contribution in [0.15, 0.2) is 101 Å². The Bertz CT molecular complexity index is 2570. The van der Waals surface area contributed by atoms with Crippen LogP contribution >= 0.6 is 0 Å². The predicted molar refractivity (Wildman–Crippen MR) is 202 cm³/mol. The van der Waals surface area contributed by atoms with Gasteiger partial charge in [-0.3, -0.25) is 18.8 Å². The minimum Gasteiger partial charge on any atom is -0.481 e. The number of rotatable bonds is 12. The molecule has 4 heterocycles. The normalized spacial score (nSPS) is 15.5. The molecule has 0 spiro atoms. The summed E-state index contributed by atoms with van der Waals surface area (Å²) in [6.07, 6.45) is 5.27. The quantitative estimate of drug-likeness (QED) is 0.182. The molecule has 1 atom stereocenters. The van der Waals surface area contributed by atoms with Gasteiger partial charge in [0.2, 0.25) is 21.8 Å². The van der Waals surface area contributed by atoms with Crippen molar-refractivity contribution in [3.63, 3.8) is 0 Å². The molecule has 6 aromatic rings. The molecule has 0 radical (unpaired) electrons. The summed E-state index contributed by atoms with van der Waals surface area (Å²) in [4.78, 5) is 37.7. The summed E-state index contributed by atoms with van der Waals surface area (Å²) >= 11 is 0. The van der Waals surface area contributed by atoms with Gasteiger partial charge < -0.3 is 14.8 Å². The molecule has 1 aliphatic heterocycles. The van der Waals surface area contributed by atoms with Crippen LogP contribution in [0.25, 0.3) is 27.7 Å². The fraction of sp³-hybridized carbons (Fsp3) is 0.275. The van der Waals surface area contributed by atoms with Gasteiger partial charge in [-0.15, -0.1) is 0 Å². The van der Waals surface area contributed by atoms with Gasteiger partial charge >= 0.3 is 0 Å². The van der Waals surface area contributed by atoms with Gasteiger partial charge in [-0.05, 0) is 84.6 Å². The van der Waals surface area contributed by atoms with Crippen molar-refractivity contribution in [2.45, 2.75) is 42.7 Å². The maximum Gasteiger partial charge on any atom is 0.266 e. The largest absolute Gasteiger partial charge is 0.481 e. The first-order valence-electron chi connectivity index (χ1n) is 18.1. The van der Waals surface area contributed by atoms with E-state index in [1.54, 1.807) is 36.7 Å². The Morgan fingerprint density at radius 3 is 2.38 bits per heavy atom. The summed E-state index contributed by atoms with van der Waals surface area (Å²) in [5.41, 5.74) is 2.55. The number of ether oxygens (including phenoxy) is 2. The molecule has 0 unspecified atom stereocenters. The number of sulfonamides is 1. The maximum atomic E-state index is 14.6. The van der Waals surface area contributed by atoms with Gasteiger partial charge in [0.1, 0.15) is 24.0 Å². The molecule has 3 aromatic carbocycles. The average Bonchev–Trinajstić information content (AvgIpc) is 3.95. The lowest BCUT2D eigenvalue weighted by Gasteiger charge is -2.26. The van der Waals surface area contributed by atoms with Gasteiger partial charge in [-0.25, -0.2) is 27.2 Å². The fourth-order valence-electron chi connectivity index (χ4n) is 6.86. The number of methoxy groups -OCH3 is 1. The van der Waals surface area contributed by atoms with E-state index in [9.17, 15) is 26.8 Å². The molecular weight excluding hydrogens is 745 g/mol. The molecule has 1 amide bonds. The third-order valence-electron chi connectivity index (χ3n) is 9.85. The van der Waals surface area contributed by atoms with E-state index in [2.05, 4.69) is 15.4 Å². The van der Waals surface area contributed by atoms with Gasteiger partial charge in [-0.2, -0.15) is 9.40 Å². The smallest absolute Gasteiger partial charge is 0.266 e. The van der Waals surface area contributed by atoms with Crippen LogP contribution in [-0.4, -0.2) is 76.4 Å². The van der Waals surface area contributed by atoms with E-state index in [0.717, 1.165) is 42.3 Å². The molecule has 8 rings (SSSR count). The van der Waals surface area contributed by atoms with Crippen molar-refractivity contribution >= 4 is 26.8 Å². The number of morpholine rings is 1. The highest BCUT2D eigenvalue weighted by molar-refractivity contribution is 7.89. The van der Waals surface area contributed by atoms with Crippen LogP contribution in [0, 0.1) is 11.6 Å². The van der Waals surface area contributed by atoms with E-state index in [-0.39, 0.29) is 72.1 Å². The number of carbonyl (C=O) groups is 1. The Morgan fingerprint density at radius 2 is 1.70 bits per heavy atom. The highest BCUT2D eigenvalue weighted by Crippen LogP contribution is 2.38. The molecule has 1 saturated heterocycles. The SMILES string of the molecule is COc1ccc(-c2ccc3c(=O)n(-c4ccc(S(=O)(=O)N5CCOCC5)cc4)c([C@H](Cc4cc(F)cc(F)c4)NC(=O)Cn4ccc(C5CC5)n4)nc3c2)cn1. The summed E-state index contributed by atoms with van der Waals surface area (Å²) < 4.78 is 70.7. The number of benzene rings is 3. The highest BCUT2D eigenvalue weighted by Gasteiger charge is 2.29. The first kappa shape index (κ1) is 37.1. The Balaban J connectivity index is 1.25. The molecule has 2 fully saturated rings. The second-order valence-electron chi connectivity index (χ2n) is 13.8. The van der Waals surface area contributed by atoms with Crippen LogP contribution in [-0.2, 0) is 32.5 Å². The summed E-state index contributed by atoms with van der Waals surface area (Å²) in [5.74, 6) is -1.26. The van der Waals surface area contributed by atoms with E-state index in [1.807, 2.05) is 12.1 Å². The fourth-order valence-corrected chi connectivity index (χ4v) is 8.27. The number of hydrogen-bond acceptors (Lipinski definition) is 9. The monoisotopic (exact) mass is 781 g/mol. The second kappa shape index (κ2) is 15.4. The molecule has 13 nitrogen and oxygen atoms in total. The predicted octanol–water partition coefficient (Wildman–Crippen LogP) is 4.93. The molecular formula is C40H37F2N7O6S. The number of pyridine rings is 1. The number of nitrogens with zero attached hydrogens (tertiary/aromatic N) is 6. The van der Waals surface area contributed by atoms with E-state index < -0.39 is 39.2 Å². The van der Waals surface area contributed by atoms with Crippen molar-refractivity contribution in [1.82, 2.24) is 33.9 Å². The standard InChI is InChI=1S/C40H37F2N7O6S/c1-54-38-11-5-28(23-43-38)27-4-10-33-35(21-27)45-39(49(40(33)51)31-6-8-32(9-7-31)56(52,53)48-14-16-55-17-15-48)36(20-25-18-29(41)22-30(42)19-25)44-37(50)24-47-13-12-34(46-47)26-2-3-26/h4-13,18-19,21-23,26,36H,2-3,14-17,20,24H2,1H3,(H,44,50)/t36-/m0/s1. The van der Waals surface area contributed by atoms with Crippen LogP contribution in [0.1, 0.15) is 41.9 Å². The zero-order valence-electron chi connectivity index (χ0n) is 30.3. The van der Waals surface area contributed by atoms with Crippen molar-refractivity contribution in [2.24, 2.45) is 0 Å². The minimum absolute atomic E-state index is 0.0223. The third kappa shape index (κ3) is 7.80. The van der Waals surface area contributed by atoms with Gasteiger partial charge in [0.15, 0.2) is 0 Å². The molecule has 3 aromatic heterocycles. The van der Waals surface area contributed by atoms with Crippen LogP contribution < -0.4 is 15.6 Å². The lowest BCUT2D eigenvalue weighted by molar-refractivity contribution is -0.122. The number of amides is 1. The molecule has 1 saturated carbocycles. The first-order valence-corrected chi connectivity index (χ1v) is 19.5. The number of hydrogen-bond donors (Lipinski definition) is 1. The second-order valence-corrected chi connectivity index (χ2v) is 15.7. The van der Waals surface area contributed by atoms with Crippen LogP contribution in [0.5, 0.6) is 5.88 Å². The summed E-state index contributed by atoms with van der Waals surface area (Å²) in [6.45, 7) is 0.805. The lowest BCUT2D eigenvalue weighted by Crippen LogP contribution is -2.40. The van der Waals surface area contributed by atoms with Gasteiger partial charge in [0, 0.05) is 55.5 Å². The zero-order valence-corrected chi connectivity index (χ0v) is 31.1. The van der Waals surface area contributed by atoms with Crippen LogP contribution in [0.4, 0.5) is 8.78 Å². The number of aromatic nitrogens is 5. The Labute approximate surface area is 320 Å². The van der Waals surface area contributed by atoms with Crippen molar-refractivity contribution in [1.29, 1.82) is 0 Å². The minimum atomic E-state index is -3.86. The maximum absolute atomic E-state index is 14.6. The van der Waals surface area contributed by atoms with E-state index in [1.165, 1.54) is 44.9 Å². The molecule has 16 heteroatoms. The topological polar surface area (TPSA) is 151 Å². The van der Waals surface area contributed by atoms with Crippen LogP contribution in [0.3, 0.4) is 0 Å². The highest BCUT2D eigenvalue weighted by atomic mass is 32.2.